The van der Waals surface area contributed by atoms with E-state index in [-0.39, 0.29) is 29.3 Å². The van der Waals surface area contributed by atoms with Crippen LogP contribution in [0.3, 0.4) is 0 Å². The Hall–Kier alpha value is -3.79. The van der Waals surface area contributed by atoms with E-state index in [1.54, 1.807) is 6.20 Å². The lowest BCUT2D eigenvalue weighted by Gasteiger charge is -2.38. The first-order valence-electron chi connectivity index (χ1n) is 13.8. The van der Waals surface area contributed by atoms with Crippen LogP contribution in [0.15, 0.2) is 48.7 Å². The number of aromatic nitrogens is 3. The van der Waals surface area contributed by atoms with Gasteiger partial charge in [0, 0.05) is 36.5 Å². The molecule has 1 N–H and O–H groups in total. The minimum absolute atomic E-state index is 0.00665. The Morgan fingerprint density at radius 1 is 1.24 bits per heavy atom. The lowest BCUT2D eigenvalue weighted by Crippen LogP contribution is -2.36. The van der Waals surface area contributed by atoms with Crippen LogP contribution in [0.5, 0.6) is 5.75 Å². The number of hydrogen-bond acceptors (Lipinski definition) is 6. The predicted molar refractivity (Wildman–Crippen MR) is 152 cm³/mol. The summed E-state index contributed by atoms with van der Waals surface area (Å²) in [4.78, 5) is 23.1. The monoisotopic (exact) mass is 574 g/mol. The van der Waals surface area contributed by atoms with Crippen LogP contribution in [0.25, 0.3) is 17.1 Å². The molecule has 1 unspecified atom stereocenters. The quantitative estimate of drug-likeness (QED) is 0.303. The predicted octanol–water partition coefficient (Wildman–Crippen LogP) is 5.98. The number of carbonyl (C=O) groups is 1. The van der Waals surface area contributed by atoms with Gasteiger partial charge < -0.3 is 19.1 Å². The smallest absolute Gasteiger partial charge is 0.335 e. The summed E-state index contributed by atoms with van der Waals surface area (Å²) < 4.78 is 29.2. The summed E-state index contributed by atoms with van der Waals surface area (Å²) >= 11 is 6.05. The van der Waals surface area contributed by atoms with E-state index in [0.717, 1.165) is 48.0 Å². The molecule has 0 saturated carbocycles. The molecule has 0 spiro atoms. The summed E-state index contributed by atoms with van der Waals surface area (Å²) in [5, 5.41) is 10.1. The van der Waals surface area contributed by atoms with Crippen molar-refractivity contribution in [2.24, 2.45) is 0 Å². The molecule has 41 heavy (non-hydrogen) atoms. The molecule has 2 aromatic heterocycles. The van der Waals surface area contributed by atoms with Crippen LogP contribution in [0, 0.1) is 5.82 Å². The molecule has 0 bridgehead atoms. The lowest BCUT2D eigenvalue weighted by molar-refractivity contribution is -0.0592. The van der Waals surface area contributed by atoms with Crippen LogP contribution in [0.1, 0.15) is 64.1 Å². The maximum absolute atomic E-state index is 15.1. The van der Waals surface area contributed by atoms with Crippen molar-refractivity contribution in [2.45, 2.75) is 51.1 Å². The molecule has 4 aromatic rings. The molecule has 5 heterocycles. The van der Waals surface area contributed by atoms with Gasteiger partial charge in [0.25, 0.3) is 0 Å². The zero-order chi connectivity index (χ0) is 28.2. The second-order valence-corrected chi connectivity index (χ2v) is 11.2. The molecule has 3 atom stereocenters. The molecule has 2 aromatic carbocycles. The summed E-state index contributed by atoms with van der Waals surface area (Å²) in [5.41, 5.74) is 4.71. The van der Waals surface area contributed by atoms with E-state index in [4.69, 9.17) is 26.1 Å². The second-order valence-electron chi connectivity index (χ2n) is 10.8. The van der Waals surface area contributed by atoms with E-state index < -0.39 is 11.8 Å². The standard InChI is InChI=1S/C31H28ClFN4O4/c1-17-28-18(2-3-19-4-7-26(41-30(19)28)24-6-5-21(32)14-34-24)8-10-36(17)16-27-35-29-23(33)12-20(31(38)39)13-25(29)37(27)15-22-9-11-40-22/h2-7,12-14,17,22,26H,8-11,15-16H2,1H3,(H,38,39)/t17?,22-,26+/m0/s1. The number of rotatable bonds is 6. The van der Waals surface area contributed by atoms with Crippen LogP contribution in [-0.2, 0) is 24.2 Å². The van der Waals surface area contributed by atoms with Crippen molar-refractivity contribution >= 4 is 34.7 Å². The summed E-state index contributed by atoms with van der Waals surface area (Å²) in [6.45, 7) is 4.59. The number of aromatic carboxylic acids is 1. The van der Waals surface area contributed by atoms with E-state index >= 15 is 4.39 Å². The maximum Gasteiger partial charge on any atom is 0.335 e. The molecule has 10 heteroatoms. The van der Waals surface area contributed by atoms with Crippen molar-refractivity contribution in [1.29, 1.82) is 0 Å². The normalized spacial score (nSPS) is 21.7. The van der Waals surface area contributed by atoms with Crippen molar-refractivity contribution in [2.75, 3.05) is 13.2 Å². The fraction of sp³-hybridized carbons (Fsp3) is 0.323. The Morgan fingerprint density at radius 2 is 2.10 bits per heavy atom. The van der Waals surface area contributed by atoms with Crippen molar-refractivity contribution in [3.63, 3.8) is 0 Å². The van der Waals surface area contributed by atoms with Crippen molar-refractivity contribution in [3.05, 3.63) is 93.3 Å². The van der Waals surface area contributed by atoms with Gasteiger partial charge in [0.2, 0.25) is 0 Å². The fourth-order valence-corrected chi connectivity index (χ4v) is 6.13. The molecule has 0 amide bonds. The number of nitrogens with zero attached hydrogens (tertiary/aromatic N) is 4. The number of carboxylic acids is 1. The Bertz CT molecular complexity index is 1700. The number of carboxylic acid groups (broad SMARTS) is 1. The van der Waals surface area contributed by atoms with Crippen LogP contribution in [0.4, 0.5) is 4.39 Å². The van der Waals surface area contributed by atoms with Gasteiger partial charge in [-0.1, -0.05) is 29.8 Å². The van der Waals surface area contributed by atoms with Gasteiger partial charge >= 0.3 is 5.97 Å². The first-order valence-corrected chi connectivity index (χ1v) is 14.1. The highest BCUT2D eigenvalue weighted by Crippen LogP contribution is 2.43. The molecular weight excluding hydrogens is 547 g/mol. The van der Waals surface area contributed by atoms with Gasteiger partial charge in [-0.15, -0.1) is 0 Å². The molecule has 1 fully saturated rings. The number of ether oxygens (including phenoxy) is 2. The van der Waals surface area contributed by atoms with Gasteiger partial charge in [-0.05, 0) is 55.7 Å². The van der Waals surface area contributed by atoms with Gasteiger partial charge in [-0.3, -0.25) is 9.88 Å². The Kier molecular flexibility index (Phi) is 6.53. The number of halogens is 2. The van der Waals surface area contributed by atoms with Crippen LogP contribution >= 0.6 is 11.6 Å². The Labute approximate surface area is 241 Å². The Balaban J connectivity index is 1.23. The van der Waals surface area contributed by atoms with E-state index in [9.17, 15) is 9.90 Å². The van der Waals surface area contributed by atoms with Crippen LogP contribution < -0.4 is 4.74 Å². The summed E-state index contributed by atoms with van der Waals surface area (Å²) in [7, 11) is 0. The van der Waals surface area contributed by atoms with Crippen molar-refractivity contribution in [1.82, 2.24) is 19.4 Å². The lowest BCUT2D eigenvalue weighted by atomic mass is 9.89. The Morgan fingerprint density at radius 3 is 2.83 bits per heavy atom. The van der Waals surface area contributed by atoms with Gasteiger partial charge in [0.1, 0.15) is 17.1 Å². The van der Waals surface area contributed by atoms with Crippen molar-refractivity contribution in [3.8, 4) is 5.75 Å². The first-order chi connectivity index (χ1) is 19.9. The zero-order valence-electron chi connectivity index (χ0n) is 22.4. The van der Waals surface area contributed by atoms with Gasteiger partial charge in [-0.2, -0.15) is 0 Å². The van der Waals surface area contributed by atoms with Gasteiger partial charge in [-0.25, -0.2) is 14.2 Å². The molecule has 3 aliphatic heterocycles. The summed E-state index contributed by atoms with van der Waals surface area (Å²) in [6, 6.07) is 10.5. The number of pyridine rings is 1. The second kappa shape index (κ2) is 10.2. The van der Waals surface area contributed by atoms with E-state index in [2.05, 4.69) is 35.0 Å². The number of fused-ring (bicyclic) bond motifs is 4. The van der Waals surface area contributed by atoms with Gasteiger partial charge in [0.05, 0.1) is 41.0 Å². The molecule has 0 aliphatic carbocycles. The minimum atomic E-state index is -1.17. The maximum atomic E-state index is 15.1. The first kappa shape index (κ1) is 26.1. The van der Waals surface area contributed by atoms with Crippen molar-refractivity contribution < 1.29 is 23.8 Å². The SMILES string of the molecule is CC1c2c(ccc3c2O[C@@H](c2ccc(Cl)cn2)C=C3)CCN1Cc1nc2c(F)cc(C(=O)O)cc2n1C[C@@H]1CCO1. The molecular formula is C31H28ClFN4O4. The molecule has 0 radical (unpaired) electrons. The number of imidazole rings is 1. The summed E-state index contributed by atoms with van der Waals surface area (Å²) in [6.07, 6.45) is 7.09. The summed E-state index contributed by atoms with van der Waals surface area (Å²) in [5.74, 6) is -0.284. The average molecular weight is 575 g/mol. The molecule has 3 aliphatic rings. The molecule has 1 saturated heterocycles. The third-order valence-corrected chi connectivity index (χ3v) is 8.57. The largest absolute Gasteiger partial charge is 0.479 e. The van der Waals surface area contributed by atoms with Crippen LogP contribution in [0.2, 0.25) is 5.02 Å². The van der Waals surface area contributed by atoms with E-state index in [1.165, 1.54) is 11.6 Å². The highest BCUT2D eigenvalue weighted by Gasteiger charge is 2.32. The number of hydrogen-bond donors (Lipinski definition) is 1. The minimum Gasteiger partial charge on any atom is -0.479 e. The topological polar surface area (TPSA) is 89.7 Å². The molecule has 8 nitrogen and oxygen atoms in total. The third-order valence-electron chi connectivity index (χ3n) is 8.35. The van der Waals surface area contributed by atoms with Gasteiger partial charge in [0.15, 0.2) is 11.9 Å². The zero-order valence-corrected chi connectivity index (χ0v) is 23.1. The van der Waals surface area contributed by atoms with E-state index in [1.807, 2.05) is 22.8 Å². The fourth-order valence-electron chi connectivity index (χ4n) is 6.02. The highest BCUT2D eigenvalue weighted by atomic mass is 35.5. The van der Waals surface area contributed by atoms with E-state index in [0.29, 0.717) is 36.1 Å². The van der Waals surface area contributed by atoms with Crippen LogP contribution in [-0.4, -0.2) is 49.8 Å². The molecule has 7 rings (SSSR count). The third kappa shape index (κ3) is 4.67. The average Bonchev–Trinajstić information content (AvgIpc) is 3.29. The highest BCUT2D eigenvalue weighted by molar-refractivity contribution is 6.30. The number of benzene rings is 2. The molecule has 210 valence electrons.